The molecule has 6 heteroatoms. The Labute approximate surface area is 123 Å². The molecule has 2 rings (SSSR count). The van der Waals surface area contributed by atoms with Crippen molar-refractivity contribution in [1.29, 1.82) is 0 Å². The molecule has 20 heavy (non-hydrogen) atoms. The van der Waals surface area contributed by atoms with Gasteiger partial charge in [-0.15, -0.1) is 0 Å². The largest absolute Gasteiger partial charge is 0.477 e. The molecule has 4 nitrogen and oxygen atoms in total. The van der Waals surface area contributed by atoms with Gasteiger partial charge in [0.25, 0.3) is 0 Å². The summed E-state index contributed by atoms with van der Waals surface area (Å²) in [6.45, 7) is 5.48. The number of benzene rings is 1. The second-order valence-electron chi connectivity index (χ2n) is 5.42. The van der Waals surface area contributed by atoms with Crippen molar-refractivity contribution < 1.29 is 18.8 Å². The van der Waals surface area contributed by atoms with Gasteiger partial charge in [-0.2, -0.15) is 0 Å². The highest BCUT2D eigenvalue weighted by Gasteiger charge is 2.31. The van der Waals surface area contributed by atoms with Crippen LogP contribution in [0.25, 0.3) is 11.3 Å². The fourth-order valence-electron chi connectivity index (χ4n) is 1.84. The average molecular weight is 342 g/mol. The fourth-order valence-corrected chi connectivity index (χ4v) is 2.09. The van der Waals surface area contributed by atoms with E-state index >= 15 is 0 Å². The Kier molecular flexibility index (Phi) is 3.69. The standard InChI is InChI=1S/C14H13BrFNO3/c1-14(2,3)12-10(13(18)19)11(17-20-12)7-4-5-8(15)9(16)6-7/h4-6H,1-3H3,(H,18,19). The molecular formula is C14H13BrFNO3. The summed E-state index contributed by atoms with van der Waals surface area (Å²) in [5.74, 6) is -1.36. The number of carboxylic acids is 1. The van der Waals surface area contributed by atoms with Gasteiger partial charge in [0, 0.05) is 11.0 Å². The molecule has 1 heterocycles. The van der Waals surface area contributed by atoms with Crippen molar-refractivity contribution in [3.05, 3.63) is 39.8 Å². The first-order valence-electron chi connectivity index (χ1n) is 5.90. The highest BCUT2D eigenvalue weighted by atomic mass is 79.9. The second kappa shape index (κ2) is 5.01. The molecule has 0 aliphatic carbocycles. The van der Waals surface area contributed by atoms with Crippen molar-refractivity contribution in [2.45, 2.75) is 26.2 Å². The van der Waals surface area contributed by atoms with Gasteiger partial charge in [-0.25, -0.2) is 9.18 Å². The summed E-state index contributed by atoms with van der Waals surface area (Å²) >= 11 is 3.05. The quantitative estimate of drug-likeness (QED) is 0.887. The van der Waals surface area contributed by atoms with E-state index in [1.54, 1.807) is 6.07 Å². The molecule has 1 aromatic heterocycles. The Balaban J connectivity index is 2.66. The number of carbonyl (C=O) groups is 1. The third-order valence-electron chi connectivity index (χ3n) is 2.78. The molecule has 0 aliphatic rings. The van der Waals surface area contributed by atoms with Crippen LogP contribution in [-0.4, -0.2) is 16.2 Å². The van der Waals surface area contributed by atoms with E-state index in [9.17, 15) is 14.3 Å². The van der Waals surface area contributed by atoms with Crippen LogP contribution >= 0.6 is 15.9 Å². The van der Waals surface area contributed by atoms with E-state index in [0.29, 0.717) is 10.0 Å². The van der Waals surface area contributed by atoms with E-state index in [-0.39, 0.29) is 17.0 Å². The molecule has 0 bridgehead atoms. The third kappa shape index (κ3) is 2.60. The Bertz CT molecular complexity index is 674. The van der Waals surface area contributed by atoms with Gasteiger partial charge >= 0.3 is 5.97 Å². The molecule has 1 N–H and O–H groups in total. The van der Waals surface area contributed by atoms with Crippen LogP contribution in [0.5, 0.6) is 0 Å². The van der Waals surface area contributed by atoms with E-state index in [1.807, 2.05) is 20.8 Å². The zero-order valence-electron chi connectivity index (χ0n) is 11.2. The zero-order valence-corrected chi connectivity index (χ0v) is 12.8. The maximum atomic E-state index is 13.6. The number of carboxylic acid groups (broad SMARTS) is 1. The van der Waals surface area contributed by atoms with Crippen LogP contribution in [0.15, 0.2) is 27.2 Å². The predicted octanol–water partition coefficient (Wildman–Crippen LogP) is 4.24. The summed E-state index contributed by atoms with van der Waals surface area (Å²) in [4.78, 5) is 11.5. The van der Waals surface area contributed by atoms with Crippen molar-refractivity contribution in [1.82, 2.24) is 5.16 Å². The monoisotopic (exact) mass is 341 g/mol. The van der Waals surface area contributed by atoms with E-state index in [0.717, 1.165) is 0 Å². The number of nitrogens with zero attached hydrogens (tertiary/aromatic N) is 1. The van der Waals surface area contributed by atoms with Crippen LogP contribution in [0.1, 0.15) is 36.9 Å². The van der Waals surface area contributed by atoms with Crippen LogP contribution in [0, 0.1) is 5.82 Å². The van der Waals surface area contributed by atoms with Gasteiger partial charge in [-0.3, -0.25) is 0 Å². The Morgan fingerprint density at radius 3 is 2.55 bits per heavy atom. The van der Waals surface area contributed by atoms with Gasteiger partial charge in [0.2, 0.25) is 0 Å². The van der Waals surface area contributed by atoms with Crippen molar-refractivity contribution >= 4 is 21.9 Å². The summed E-state index contributed by atoms with van der Waals surface area (Å²) < 4.78 is 19.1. The highest BCUT2D eigenvalue weighted by Crippen LogP contribution is 2.34. The highest BCUT2D eigenvalue weighted by molar-refractivity contribution is 9.10. The summed E-state index contributed by atoms with van der Waals surface area (Å²) in [5.41, 5.74) is -0.0391. The minimum absolute atomic E-state index is 0.0285. The SMILES string of the molecule is CC(C)(C)c1onc(-c2ccc(Br)c(F)c2)c1C(=O)O. The molecule has 0 fully saturated rings. The Morgan fingerprint density at radius 1 is 1.40 bits per heavy atom. The molecule has 0 unspecified atom stereocenters. The molecule has 0 radical (unpaired) electrons. The molecule has 106 valence electrons. The molecule has 0 saturated heterocycles. The number of rotatable bonds is 2. The van der Waals surface area contributed by atoms with Gasteiger partial charge in [0.05, 0.1) is 4.47 Å². The number of aromatic nitrogens is 1. The maximum Gasteiger partial charge on any atom is 0.341 e. The van der Waals surface area contributed by atoms with Gasteiger partial charge in [-0.1, -0.05) is 32.0 Å². The third-order valence-corrected chi connectivity index (χ3v) is 3.42. The van der Waals surface area contributed by atoms with E-state index < -0.39 is 17.2 Å². The number of halogens is 2. The van der Waals surface area contributed by atoms with Crippen molar-refractivity contribution in [3.8, 4) is 11.3 Å². The first kappa shape index (κ1) is 14.7. The second-order valence-corrected chi connectivity index (χ2v) is 6.27. The number of aromatic carboxylic acids is 1. The molecular weight excluding hydrogens is 329 g/mol. The van der Waals surface area contributed by atoms with Crippen LogP contribution in [0.4, 0.5) is 4.39 Å². The van der Waals surface area contributed by atoms with E-state index in [2.05, 4.69) is 21.1 Å². The van der Waals surface area contributed by atoms with Gasteiger partial charge in [-0.05, 0) is 28.1 Å². The lowest BCUT2D eigenvalue weighted by molar-refractivity contribution is 0.0693. The molecule has 0 atom stereocenters. The Hall–Kier alpha value is -1.69. The lowest BCUT2D eigenvalue weighted by Gasteiger charge is -2.14. The minimum atomic E-state index is -1.14. The predicted molar refractivity (Wildman–Crippen MR) is 75.3 cm³/mol. The fraction of sp³-hybridized carbons (Fsp3) is 0.286. The van der Waals surface area contributed by atoms with E-state index in [1.165, 1.54) is 12.1 Å². The van der Waals surface area contributed by atoms with Crippen molar-refractivity contribution in [2.24, 2.45) is 0 Å². The Morgan fingerprint density at radius 2 is 2.05 bits per heavy atom. The number of hydrogen-bond donors (Lipinski definition) is 1. The summed E-state index contributed by atoms with van der Waals surface area (Å²) in [6.07, 6.45) is 0. The van der Waals surface area contributed by atoms with E-state index in [4.69, 9.17) is 4.52 Å². The molecule has 0 spiro atoms. The molecule has 2 aromatic rings. The summed E-state index contributed by atoms with van der Waals surface area (Å²) in [7, 11) is 0. The molecule has 1 aromatic carbocycles. The smallest absolute Gasteiger partial charge is 0.341 e. The van der Waals surface area contributed by atoms with Gasteiger partial charge in [0.1, 0.15) is 17.1 Å². The minimum Gasteiger partial charge on any atom is -0.477 e. The number of hydrogen-bond acceptors (Lipinski definition) is 3. The summed E-state index contributed by atoms with van der Waals surface area (Å²) in [5, 5.41) is 13.2. The van der Waals surface area contributed by atoms with Crippen LogP contribution in [0.3, 0.4) is 0 Å². The van der Waals surface area contributed by atoms with Gasteiger partial charge < -0.3 is 9.63 Å². The lowest BCUT2D eigenvalue weighted by atomic mass is 9.89. The zero-order chi connectivity index (χ0) is 15.1. The van der Waals surface area contributed by atoms with Crippen LogP contribution < -0.4 is 0 Å². The van der Waals surface area contributed by atoms with Gasteiger partial charge in [0.15, 0.2) is 5.76 Å². The summed E-state index contributed by atoms with van der Waals surface area (Å²) in [6, 6.07) is 4.31. The van der Waals surface area contributed by atoms with Crippen LogP contribution in [0.2, 0.25) is 0 Å². The van der Waals surface area contributed by atoms with Crippen molar-refractivity contribution in [3.63, 3.8) is 0 Å². The average Bonchev–Trinajstić information content (AvgIpc) is 2.77. The normalized spacial score (nSPS) is 11.7. The molecule has 0 aliphatic heterocycles. The topological polar surface area (TPSA) is 63.3 Å². The molecule has 0 saturated carbocycles. The van der Waals surface area contributed by atoms with Crippen LogP contribution in [-0.2, 0) is 5.41 Å². The van der Waals surface area contributed by atoms with Crippen molar-refractivity contribution in [2.75, 3.05) is 0 Å². The maximum absolute atomic E-state index is 13.6. The first-order valence-corrected chi connectivity index (χ1v) is 6.70. The lowest BCUT2D eigenvalue weighted by Crippen LogP contribution is -2.15. The first-order chi connectivity index (χ1) is 9.21. The molecule has 0 amide bonds.